The Balaban J connectivity index is 0.000000224. The zero-order valence-corrected chi connectivity index (χ0v) is 16.6. The van der Waals surface area contributed by atoms with Crippen molar-refractivity contribution in [3.63, 3.8) is 0 Å². The molecular formula is C20H42N2. The van der Waals surface area contributed by atoms with Gasteiger partial charge in [-0.15, -0.1) is 0 Å². The molecule has 2 aliphatic rings. The van der Waals surface area contributed by atoms with Crippen molar-refractivity contribution in [2.24, 2.45) is 23.7 Å². The lowest BCUT2D eigenvalue weighted by molar-refractivity contribution is 0.0408. The van der Waals surface area contributed by atoms with Crippen molar-refractivity contribution in [1.82, 2.24) is 9.80 Å². The van der Waals surface area contributed by atoms with Gasteiger partial charge in [0, 0.05) is 31.7 Å². The Morgan fingerprint density at radius 1 is 0.636 bits per heavy atom. The fraction of sp³-hybridized carbons (Fsp3) is 1.00. The minimum Gasteiger partial charge on any atom is -0.301 e. The van der Waals surface area contributed by atoms with E-state index in [4.69, 9.17) is 0 Å². The third kappa shape index (κ3) is 6.20. The summed E-state index contributed by atoms with van der Waals surface area (Å²) in [6, 6.07) is 1.50. The molecule has 0 saturated carbocycles. The van der Waals surface area contributed by atoms with Gasteiger partial charge in [0.2, 0.25) is 0 Å². The van der Waals surface area contributed by atoms with E-state index in [0.29, 0.717) is 0 Å². The topological polar surface area (TPSA) is 6.48 Å². The quantitative estimate of drug-likeness (QED) is 0.739. The Morgan fingerprint density at radius 3 is 1.50 bits per heavy atom. The van der Waals surface area contributed by atoms with E-state index < -0.39 is 0 Å². The van der Waals surface area contributed by atoms with Crippen molar-refractivity contribution in [3.8, 4) is 0 Å². The predicted octanol–water partition coefficient (Wildman–Crippen LogP) is 4.75. The van der Waals surface area contributed by atoms with Crippen LogP contribution in [-0.4, -0.2) is 48.1 Å². The first-order valence-electron chi connectivity index (χ1n) is 9.70. The van der Waals surface area contributed by atoms with Crippen molar-refractivity contribution in [1.29, 1.82) is 0 Å². The van der Waals surface area contributed by atoms with E-state index >= 15 is 0 Å². The predicted molar refractivity (Wildman–Crippen MR) is 99.3 cm³/mol. The summed E-state index contributed by atoms with van der Waals surface area (Å²) in [7, 11) is 0. The molecule has 2 saturated heterocycles. The van der Waals surface area contributed by atoms with Crippen molar-refractivity contribution in [2.45, 2.75) is 80.3 Å². The van der Waals surface area contributed by atoms with E-state index in [1.165, 1.54) is 39.0 Å². The summed E-state index contributed by atoms with van der Waals surface area (Å²) in [5.74, 6) is 3.67. The fourth-order valence-electron chi connectivity index (χ4n) is 3.45. The smallest absolute Gasteiger partial charge is 0.00388 e. The molecule has 132 valence electrons. The van der Waals surface area contributed by atoms with Crippen molar-refractivity contribution in [2.75, 3.05) is 26.2 Å². The Hall–Kier alpha value is -0.0800. The number of hydrogen-bond acceptors (Lipinski definition) is 2. The Kier molecular flexibility index (Phi) is 8.42. The molecule has 22 heavy (non-hydrogen) atoms. The summed E-state index contributed by atoms with van der Waals surface area (Å²) in [5, 5.41) is 0. The molecule has 0 bridgehead atoms. The number of likely N-dealkylation sites (tertiary alicyclic amines) is 2. The molecule has 0 amide bonds. The van der Waals surface area contributed by atoms with Crippen LogP contribution in [0.4, 0.5) is 0 Å². The van der Waals surface area contributed by atoms with E-state index in [9.17, 15) is 0 Å². The first-order valence-corrected chi connectivity index (χ1v) is 9.70. The van der Waals surface area contributed by atoms with Gasteiger partial charge in [-0.1, -0.05) is 27.7 Å². The van der Waals surface area contributed by atoms with Crippen LogP contribution < -0.4 is 0 Å². The van der Waals surface area contributed by atoms with E-state index in [2.05, 4.69) is 65.2 Å². The van der Waals surface area contributed by atoms with Gasteiger partial charge in [-0.2, -0.15) is 0 Å². The summed E-state index contributed by atoms with van der Waals surface area (Å²) in [6.07, 6.45) is 2.85. The maximum absolute atomic E-state index is 2.62. The normalized spacial score (nSPS) is 24.8. The molecule has 2 heteroatoms. The average Bonchev–Trinajstić information content (AvgIpc) is 2.36. The summed E-state index contributed by atoms with van der Waals surface area (Å²) in [6.45, 7) is 23.8. The van der Waals surface area contributed by atoms with Crippen molar-refractivity contribution < 1.29 is 0 Å². The molecule has 0 aromatic rings. The van der Waals surface area contributed by atoms with Crippen molar-refractivity contribution in [3.05, 3.63) is 0 Å². The second-order valence-electron chi connectivity index (χ2n) is 8.79. The molecule has 2 fully saturated rings. The molecule has 2 nitrogen and oxygen atoms in total. The third-order valence-corrected chi connectivity index (χ3v) is 5.77. The summed E-state index contributed by atoms with van der Waals surface area (Å²) < 4.78 is 0. The van der Waals surface area contributed by atoms with Gasteiger partial charge in [-0.3, -0.25) is 0 Å². The van der Waals surface area contributed by atoms with Gasteiger partial charge >= 0.3 is 0 Å². The third-order valence-electron chi connectivity index (χ3n) is 5.77. The molecule has 2 heterocycles. The number of piperidine rings is 1. The molecule has 0 aromatic heterocycles. The molecule has 0 N–H and O–H groups in total. The number of rotatable bonds is 4. The molecule has 0 aromatic carbocycles. The molecule has 0 radical (unpaired) electrons. The minimum absolute atomic E-state index is 0.742. The highest BCUT2D eigenvalue weighted by Crippen LogP contribution is 2.25. The highest BCUT2D eigenvalue weighted by atomic mass is 15.2. The van der Waals surface area contributed by atoms with Crippen LogP contribution in [0, 0.1) is 23.7 Å². The van der Waals surface area contributed by atoms with E-state index in [0.717, 1.165) is 35.8 Å². The van der Waals surface area contributed by atoms with Gasteiger partial charge in [0.05, 0.1) is 0 Å². The van der Waals surface area contributed by atoms with E-state index in [1.807, 2.05) is 0 Å². The highest BCUT2D eigenvalue weighted by Gasteiger charge is 2.30. The molecular weight excluding hydrogens is 268 g/mol. The monoisotopic (exact) mass is 310 g/mol. The number of hydrogen-bond donors (Lipinski definition) is 0. The van der Waals surface area contributed by atoms with Crippen LogP contribution in [0.5, 0.6) is 0 Å². The summed E-state index contributed by atoms with van der Waals surface area (Å²) in [5.41, 5.74) is 0. The van der Waals surface area contributed by atoms with Gasteiger partial charge < -0.3 is 9.80 Å². The van der Waals surface area contributed by atoms with Crippen LogP contribution >= 0.6 is 0 Å². The second kappa shape index (κ2) is 9.27. The maximum Gasteiger partial charge on any atom is 0.00388 e. The van der Waals surface area contributed by atoms with Crippen LogP contribution in [0.15, 0.2) is 0 Å². The Labute approximate surface area is 140 Å². The van der Waals surface area contributed by atoms with Gasteiger partial charge in [-0.25, -0.2) is 0 Å². The standard InChI is InChI=1S/C11H23N.C9H19N/c1-9(2)11-6-5-7-12(8-11)10(3)4;1-7(2)9-5-10(6-9)8(3)4/h9-11H,5-8H2,1-4H3;7-9H,5-6H2,1-4H3. The molecule has 0 aliphatic carbocycles. The van der Waals surface area contributed by atoms with Gasteiger partial charge in [0.15, 0.2) is 0 Å². The SMILES string of the molecule is CC(C)C1CCCN(C(C)C)C1.CC(C)C1CN(C(C)C)C1. The first kappa shape index (κ1) is 20.0. The van der Waals surface area contributed by atoms with Gasteiger partial charge in [-0.05, 0) is 70.8 Å². The minimum atomic E-state index is 0.742. The lowest BCUT2D eigenvalue weighted by atomic mass is 9.87. The summed E-state index contributed by atoms with van der Waals surface area (Å²) >= 11 is 0. The lowest BCUT2D eigenvalue weighted by Crippen LogP contribution is -2.51. The van der Waals surface area contributed by atoms with Crippen LogP contribution in [0.2, 0.25) is 0 Å². The first-order chi connectivity index (χ1) is 10.2. The highest BCUT2D eigenvalue weighted by molar-refractivity contribution is 4.83. The van der Waals surface area contributed by atoms with Crippen LogP contribution in [0.25, 0.3) is 0 Å². The fourth-order valence-corrected chi connectivity index (χ4v) is 3.45. The zero-order chi connectivity index (χ0) is 16.9. The zero-order valence-electron chi connectivity index (χ0n) is 16.6. The Morgan fingerprint density at radius 2 is 1.09 bits per heavy atom. The van der Waals surface area contributed by atoms with Crippen LogP contribution in [0.1, 0.15) is 68.2 Å². The molecule has 1 atom stereocenters. The van der Waals surface area contributed by atoms with E-state index in [-0.39, 0.29) is 0 Å². The molecule has 2 rings (SSSR count). The molecule has 0 spiro atoms. The Bertz CT molecular complexity index is 264. The average molecular weight is 311 g/mol. The van der Waals surface area contributed by atoms with Gasteiger partial charge in [0.1, 0.15) is 0 Å². The number of nitrogens with zero attached hydrogens (tertiary/aromatic N) is 2. The second-order valence-corrected chi connectivity index (χ2v) is 8.79. The van der Waals surface area contributed by atoms with Crippen LogP contribution in [-0.2, 0) is 0 Å². The van der Waals surface area contributed by atoms with Crippen LogP contribution in [0.3, 0.4) is 0 Å². The molecule has 1 unspecified atom stereocenters. The largest absolute Gasteiger partial charge is 0.301 e. The van der Waals surface area contributed by atoms with E-state index in [1.54, 1.807) is 0 Å². The maximum atomic E-state index is 2.62. The summed E-state index contributed by atoms with van der Waals surface area (Å²) in [4.78, 5) is 5.15. The lowest BCUT2D eigenvalue weighted by Gasteiger charge is -2.44. The van der Waals surface area contributed by atoms with Gasteiger partial charge in [0.25, 0.3) is 0 Å². The van der Waals surface area contributed by atoms with Crippen molar-refractivity contribution >= 4 is 0 Å². The molecule has 2 aliphatic heterocycles.